The molecule has 33 heavy (non-hydrogen) atoms. The topological polar surface area (TPSA) is 38.8 Å². The van der Waals surface area contributed by atoms with Crippen LogP contribution in [-0.4, -0.2) is 37.1 Å². The van der Waals surface area contributed by atoms with Crippen LogP contribution < -0.4 is 9.47 Å². The average molecular weight is 484 g/mol. The third-order valence-corrected chi connectivity index (χ3v) is 6.63. The van der Waals surface area contributed by atoms with E-state index in [4.69, 9.17) is 32.7 Å². The van der Waals surface area contributed by atoms with Crippen LogP contribution in [0.3, 0.4) is 0 Å². The lowest BCUT2D eigenvalue weighted by Gasteiger charge is -2.39. The molecule has 2 unspecified atom stereocenters. The molecular formula is C27H27Cl2NO3. The van der Waals surface area contributed by atoms with Crippen molar-refractivity contribution in [3.8, 4) is 11.5 Å². The smallest absolute Gasteiger partial charge is 0.222 e. The third-order valence-electron chi connectivity index (χ3n) is 6.08. The summed E-state index contributed by atoms with van der Waals surface area (Å²) >= 11 is 12.6. The molecule has 0 N–H and O–H groups in total. The lowest BCUT2D eigenvalue weighted by atomic mass is 9.87. The number of nitrogens with zero attached hydrogens (tertiary/aromatic N) is 1. The van der Waals surface area contributed by atoms with Crippen molar-refractivity contribution in [2.45, 2.75) is 31.3 Å². The molecule has 4 rings (SSSR count). The highest BCUT2D eigenvalue weighted by molar-refractivity contribution is 6.32. The molecule has 3 aromatic rings. The maximum Gasteiger partial charge on any atom is 0.222 e. The van der Waals surface area contributed by atoms with Crippen LogP contribution >= 0.6 is 23.2 Å². The van der Waals surface area contributed by atoms with Gasteiger partial charge in [0.2, 0.25) is 5.91 Å². The Bertz CT molecular complexity index is 1090. The fraction of sp³-hybridized carbons (Fsp3) is 0.296. The second-order valence-electron chi connectivity index (χ2n) is 8.22. The van der Waals surface area contributed by atoms with Gasteiger partial charge in [0.15, 0.2) is 0 Å². The molecule has 0 saturated carbocycles. The molecule has 1 amide bonds. The number of hydrogen-bond donors (Lipinski definition) is 0. The molecule has 2 atom stereocenters. The Hall–Kier alpha value is -2.69. The standard InChI is InChI=1S/C27H27Cl2NO3/c1-32-22-12-9-19(10-13-22)11-14-27(31)30-16-15-25(33-26-8-3-2-7-24(26)29)23(18-30)20-5-4-6-21(28)17-20/h2-10,12-13,17,23,25H,11,14-16,18H2,1H3. The number of hydrogen-bond acceptors (Lipinski definition) is 3. The molecule has 0 bridgehead atoms. The zero-order chi connectivity index (χ0) is 23.2. The molecule has 0 radical (unpaired) electrons. The number of piperidine rings is 1. The summed E-state index contributed by atoms with van der Waals surface area (Å²) in [6, 6.07) is 23.2. The van der Waals surface area contributed by atoms with Gasteiger partial charge < -0.3 is 14.4 Å². The number of halogens is 2. The first-order chi connectivity index (χ1) is 16.0. The summed E-state index contributed by atoms with van der Waals surface area (Å²) in [7, 11) is 1.65. The highest BCUT2D eigenvalue weighted by Gasteiger charge is 2.34. The van der Waals surface area contributed by atoms with Crippen molar-refractivity contribution in [2.24, 2.45) is 0 Å². The Balaban J connectivity index is 1.46. The van der Waals surface area contributed by atoms with Crippen LogP contribution in [-0.2, 0) is 11.2 Å². The first-order valence-electron chi connectivity index (χ1n) is 11.1. The van der Waals surface area contributed by atoms with Crippen molar-refractivity contribution in [1.29, 1.82) is 0 Å². The maximum absolute atomic E-state index is 13.1. The lowest BCUT2D eigenvalue weighted by Crippen LogP contribution is -2.46. The van der Waals surface area contributed by atoms with E-state index in [0.717, 1.165) is 23.3 Å². The second-order valence-corrected chi connectivity index (χ2v) is 9.07. The number of likely N-dealkylation sites (tertiary alicyclic amines) is 1. The first kappa shape index (κ1) is 23.5. The van der Waals surface area contributed by atoms with Gasteiger partial charge in [-0.15, -0.1) is 0 Å². The van der Waals surface area contributed by atoms with E-state index < -0.39 is 0 Å². The van der Waals surface area contributed by atoms with Crippen molar-refractivity contribution in [1.82, 2.24) is 4.90 Å². The van der Waals surface area contributed by atoms with Crippen LogP contribution in [0.15, 0.2) is 72.8 Å². The van der Waals surface area contributed by atoms with Crippen molar-refractivity contribution < 1.29 is 14.3 Å². The minimum Gasteiger partial charge on any atom is -0.497 e. The Morgan fingerprint density at radius 3 is 2.55 bits per heavy atom. The minimum absolute atomic E-state index is 0.00124. The zero-order valence-corrected chi connectivity index (χ0v) is 20.1. The van der Waals surface area contributed by atoms with Crippen LogP contribution in [0, 0.1) is 0 Å². The number of amides is 1. The highest BCUT2D eigenvalue weighted by atomic mass is 35.5. The van der Waals surface area contributed by atoms with E-state index >= 15 is 0 Å². The van der Waals surface area contributed by atoms with Gasteiger partial charge in [0.1, 0.15) is 17.6 Å². The second kappa shape index (κ2) is 11.0. The molecule has 1 aliphatic heterocycles. The molecule has 172 valence electrons. The first-order valence-corrected chi connectivity index (χ1v) is 11.9. The normalized spacial score (nSPS) is 18.1. The van der Waals surface area contributed by atoms with E-state index in [2.05, 4.69) is 0 Å². The predicted octanol–water partition coefficient (Wildman–Crippen LogP) is 6.40. The highest BCUT2D eigenvalue weighted by Crippen LogP contribution is 2.34. The van der Waals surface area contributed by atoms with E-state index in [-0.39, 0.29) is 17.9 Å². The fourth-order valence-corrected chi connectivity index (χ4v) is 4.64. The number of benzene rings is 3. The number of para-hydroxylation sites is 1. The van der Waals surface area contributed by atoms with E-state index in [1.54, 1.807) is 7.11 Å². The number of carbonyl (C=O) groups excluding carboxylic acids is 1. The number of aryl methyl sites for hydroxylation is 1. The molecular weight excluding hydrogens is 457 g/mol. The Labute approximate surface area is 205 Å². The van der Waals surface area contributed by atoms with Crippen molar-refractivity contribution in [3.05, 3.63) is 94.0 Å². The van der Waals surface area contributed by atoms with Gasteiger partial charge in [-0.25, -0.2) is 0 Å². The van der Waals surface area contributed by atoms with E-state index in [1.165, 1.54) is 0 Å². The molecule has 6 heteroatoms. The van der Waals surface area contributed by atoms with Gasteiger partial charge in [0, 0.05) is 36.9 Å². The average Bonchev–Trinajstić information content (AvgIpc) is 2.84. The van der Waals surface area contributed by atoms with Gasteiger partial charge in [-0.3, -0.25) is 4.79 Å². The number of rotatable bonds is 7. The number of ether oxygens (including phenoxy) is 2. The SMILES string of the molecule is COc1ccc(CCC(=O)N2CCC(Oc3ccccc3Cl)C(c3cccc(Cl)c3)C2)cc1. The zero-order valence-electron chi connectivity index (χ0n) is 18.5. The summed E-state index contributed by atoms with van der Waals surface area (Å²) < 4.78 is 11.6. The van der Waals surface area contributed by atoms with Crippen LogP contribution in [0.1, 0.15) is 29.9 Å². The van der Waals surface area contributed by atoms with Crippen LogP contribution in [0.25, 0.3) is 0 Å². The Morgan fingerprint density at radius 1 is 1.03 bits per heavy atom. The monoisotopic (exact) mass is 483 g/mol. The summed E-state index contributed by atoms with van der Waals surface area (Å²) in [5, 5.41) is 1.26. The molecule has 0 aliphatic carbocycles. The number of methoxy groups -OCH3 is 1. The number of carbonyl (C=O) groups is 1. The Kier molecular flexibility index (Phi) is 7.79. The van der Waals surface area contributed by atoms with Gasteiger partial charge in [0.05, 0.1) is 12.1 Å². The predicted molar refractivity (Wildman–Crippen MR) is 133 cm³/mol. The molecule has 1 saturated heterocycles. The minimum atomic E-state index is -0.103. The van der Waals surface area contributed by atoms with Crippen LogP contribution in [0.2, 0.25) is 10.0 Å². The molecule has 0 aromatic heterocycles. The quantitative estimate of drug-likeness (QED) is 0.390. The van der Waals surface area contributed by atoms with E-state index in [1.807, 2.05) is 77.7 Å². The van der Waals surface area contributed by atoms with E-state index in [0.29, 0.717) is 41.7 Å². The largest absolute Gasteiger partial charge is 0.497 e. The molecule has 0 spiro atoms. The summed E-state index contributed by atoms with van der Waals surface area (Å²) in [6.07, 6.45) is 1.77. The fourth-order valence-electron chi connectivity index (χ4n) is 4.26. The van der Waals surface area contributed by atoms with Crippen LogP contribution in [0.5, 0.6) is 11.5 Å². The summed E-state index contributed by atoms with van der Waals surface area (Å²) in [5.41, 5.74) is 2.18. The molecule has 1 aliphatic rings. The lowest BCUT2D eigenvalue weighted by molar-refractivity contribution is -0.133. The van der Waals surface area contributed by atoms with Crippen molar-refractivity contribution >= 4 is 29.1 Å². The van der Waals surface area contributed by atoms with Crippen LogP contribution in [0.4, 0.5) is 0 Å². The summed E-state index contributed by atoms with van der Waals surface area (Å²) in [4.78, 5) is 15.0. The van der Waals surface area contributed by atoms with E-state index in [9.17, 15) is 4.79 Å². The van der Waals surface area contributed by atoms with Gasteiger partial charge in [-0.1, -0.05) is 59.6 Å². The van der Waals surface area contributed by atoms with Crippen molar-refractivity contribution in [3.63, 3.8) is 0 Å². The van der Waals surface area contributed by atoms with Gasteiger partial charge in [-0.05, 0) is 53.9 Å². The van der Waals surface area contributed by atoms with Crippen molar-refractivity contribution in [2.75, 3.05) is 20.2 Å². The third kappa shape index (κ3) is 6.01. The summed E-state index contributed by atoms with van der Waals surface area (Å²) in [6.45, 7) is 1.23. The maximum atomic E-state index is 13.1. The van der Waals surface area contributed by atoms with Gasteiger partial charge in [0.25, 0.3) is 0 Å². The summed E-state index contributed by atoms with van der Waals surface area (Å²) in [5.74, 6) is 1.62. The van der Waals surface area contributed by atoms with Gasteiger partial charge >= 0.3 is 0 Å². The molecule has 1 fully saturated rings. The molecule has 1 heterocycles. The Morgan fingerprint density at radius 2 is 1.82 bits per heavy atom. The molecule has 4 nitrogen and oxygen atoms in total. The molecule has 3 aromatic carbocycles. The van der Waals surface area contributed by atoms with Gasteiger partial charge in [-0.2, -0.15) is 0 Å².